The van der Waals surface area contributed by atoms with E-state index in [0.29, 0.717) is 10.8 Å². The maximum atomic E-state index is 11.9. The molecule has 5 N–H and O–H groups in total. The molecule has 8 nitrogen and oxygen atoms in total. The minimum atomic E-state index is -1.75. The Bertz CT molecular complexity index is 693. The third kappa shape index (κ3) is 24.0. The Kier molecular flexibility index (Phi) is 34.0. The smallest absolute Gasteiger partial charge is 0.273 e. The molecule has 1 aliphatic heterocycles. The van der Waals surface area contributed by atoms with Gasteiger partial charge >= 0.3 is 0 Å². The van der Waals surface area contributed by atoms with Crippen LogP contribution in [0.15, 0.2) is 24.5 Å². The minimum Gasteiger partial charge on any atom is -0.467 e. The first kappa shape index (κ1) is 39.4. The number of aldehydes is 1. The molecule has 1 atom stereocenters. The monoisotopic (exact) mass is 554 g/mol. The Hall–Kier alpha value is -2.12. The van der Waals surface area contributed by atoms with Crippen LogP contribution in [-0.4, -0.2) is 66.0 Å². The van der Waals surface area contributed by atoms with Crippen LogP contribution in [0, 0.1) is 0 Å². The molecule has 0 bridgehead atoms. The summed E-state index contributed by atoms with van der Waals surface area (Å²) < 4.78 is 36.3. The van der Waals surface area contributed by atoms with Crippen molar-refractivity contribution in [3.8, 4) is 5.19 Å². The van der Waals surface area contributed by atoms with Crippen LogP contribution < -0.4 is 16.0 Å². The van der Waals surface area contributed by atoms with Gasteiger partial charge in [0.05, 0.1) is 11.8 Å². The molecule has 0 aliphatic carbocycles. The number of thiazole rings is 1. The number of halogens is 3. The standard InChI is InChI=1S/C9H13FN2OS.C7H16O.C6H5NO.C2H6.CH2F2.H3NO/c10-3-6-13-9-12-7-1-4-11-5-2-8(7)14-9;1-3-5-6-7(8)4-2;8-5-6-2-1-3-7-4-6;1-2;2-1-3;1-2/h11H,1-6H2;7-8H,3-6H2,1-2H3;1-5H;1-2H3;1H2;2H,1H2/t;7-;;;;/m.0..../s1. The Morgan fingerprint density at radius 2 is 1.86 bits per heavy atom. The first-order chi connectivity index (χ1) is 18.1. The molecule has 2 aromatic heterocycles. The zero-order valence-corrected chi connectivity index (χ0v) is 23.3. The molecule has 37 heavy (non-hydrogen) atoms. The van der Waals surface area contributed by atoms with Crippen molar-refractivity contribution in [1.29, 1.82) is 0 Å². The van der Waals surface area contributed by atoms with Crippen LogP contribution in [-0.2, 0) is 12.8 Å². The van der Waals surface area contributed by atoms with Crippen molar-refractivity contribution in [3.63, 3.8) is 0 Å². The van der Waals surface area contributed by atoms with Crippen molar-refractivity contribution < 1.29 is 33.0 Å². The van der Waals surface area contributed by atoms with Crippen LogP contribution in [0.25, 0.3) is 0 Å². The van der Waals surface area contributed by atoms with Crippen LogP contribution in [0.5, 0.6) is 5.19 Å². The van der Waals surface area contributed by atoms with E-state index in [-0.39, 0.29) is 12.7 Å². The number of hydrogen-bond donors (Lipinski definition) is 4. The molecule has 0 spiro atoms. The largest absolute Gasteiger partial charge is 0.467 e. The first-order valence-corrected chi connectivity index (χ1v) is 13.2. The van der Waals surface area contributed by atoms with Gasteiger partial charge in [-0.15, -0.1) is 0 Å². The van der Waals surface area contributed by atoms with Crippen molar-refractivity contribution in [2.75, 3.05) is 33.3 Å². The third-order valence-corrected chi connectivity index (χ3v) is 5.38. The number of pyridine rings is 1. The number of rotatable bonds is 8. The molecular formula is C25H45F3N4O4S. The van der Waals surface area contributed by atoms with Gasteiger partial charge < -0.3 is 20.4 Å². The number of alkyl halides is 3. The molecule has 2 aromatic rings. The van der Waals surface area contributed by atoms with Gasteiger partial charge in [-0.3, -0.25) is 9.78 Å². The van der Waals surface area contributed by atoms with Gasteiger partial charge in [0.2, 0.25) is 6.93 Å². The molecule has 0 saturated heterocycles. The molecule has 1 aliphatic rings. The van der Waals surface area contributed by atoms with Gasteiger partial charge in [0.25, 0.3) is 5.19 Å². The summed E-state index contributed by atoms with van der Waals surface area (Å²) in [6, 6.07) is 3.43. The predicted molar refractivity (Wildman–Crippen MR) is 144 cm³/mol. The van der Waals surface area contributed by atoms with E-state index in [1.807, 2.05) is 20.8 Å². The lowest BCUT2D eigenvalue weighted by Crippen LogP contribution is -2.16. The van der Waals surface area contributed by atoms with E-state index >= 15 is 0 Å². The average Bonchev–Trinajstić information content (AvgIpc) is 3.22. The van der Waals surface area contributed by atoms with Crippen molar-refractivity contribution in [1.82, 2.24) is 15.3 Å². The second-order valence-corrected chi connectivity index (χ2v) is 7.89. The number of aromatic nitrogens is 2. The maximum Gasteiger partial charge on any atom is 0.273 e. The summed E-state index contributed by atoms with van der Waals surface area (Å²) in [5, 5.41) is 19.4. The highest BCUT2D eigenvalue weighted by Crippen LogP contribution is 2.26. The maximum absolute atomic E-state index is 11.9. The van der Waals surface area contributed by atoms with Gasteiger partial charge in [-0.25, -0.2) is 24.1 Å². The van der Waals surface area contributed by atoms with E-state index in [4.69, 9.17) is 15.1 Å². The van der Waals surface area contributed by atoms with Gasteiger partial charge in [-0.2, -0.15) is 0 Å². The Labute approximate surface area is 223 Å². The lowest BCUT2D eigenvalue weighted by Gasteiger charge is -2.03. The lowest BCUT2D eigenvalue weighted by molar-refractivity contribution is 0.112. The summed E-state index contributed by atoms with van der Waals surface area (Å²) in [6.45, 7) is 8.04. The summed E-state index contributed by atoms with van der Waals surface area (Å²) in [4.78, 5) is 19.3. The van der Waals surface area contributed by atoms with Gasteiger partial charge in [-0.1, -0.05) is 51.9 Å². The van der Waals surface area contributed by atoms with Crippen molar-refractivity contribution in [3.05, 3.63) is 40.7 Å². The summed E-state index contributed by atoms with van der Waals surface area (Å²) in [6.07, 6.45) is 10.1. The Morgan fingerprint density at radius 3 is 2.35 bits per heavy atom. The van der Waals surface area contributed by atoms with E-state index in [0.717, 1.165) is 57.2 Å². The highest BCUT2D eigenvalue weighted by atomic mass is 32.1. The van der Waals surface area contributed by atoms with E-state index in [2.05, 4.69) is 28.1 Å². The van der Waals surface area contributed by atoms with Gasteiger partial charge in [0.1, 0.15) is 13.3 Å². The van der Waals surface area contributed by atoms with E-state index in [1.165, 1.54) is 17.5 Å². The molecule has 0 unspecified atom stereocenters. The van der Waals surface area contributed by atoms with Gasteiger partial charge in [-0.05, 0) is 31.4 Å². The number of nitrogens with one attached hydrogen (secondary N) is 1. The van der Waals surface area contributed by atoms with Crippen LogP contribution in [0.4, 0.5) is 13.2 Å². The second kappa shape index (κ2) is 31.9. The SMILES string of the molecule is CC.CCCC[C@@H](O)CC.FCCOc1nc2c(s1)CCNCC2.FCF.NO.O=Cc1cccnc1. The fraction of sp³-hybridized carbons (Fsp3) is 0.640. The number of unbranched alkanes of at least 4 members (excludes halogenated alkanes) is 1. The normalized spacial score (nSPS) is 11.7. The summed E-state index contributed by atoms with van der Waals surface area (Å²) in [5.41, 5.74) is 1.74. The van der Waals surface area contributed by atoms with Crippen LogP contribution >= 0.6 is 11.3 Å². The van der Waals surface area contributed by atoms with Crippen molar-refractivity contribution in [2.45, 2.75) is 72.3 Å². The molecule has 0 amide bonds. The fourth-order valence-corrected chi connectivity index (χ4v) is 3.54. The zero-order valence-electron chi connectivity index (χ0n) is 22.5. The number of aliphatic hydroxyl groups is 1. The lowest BCUT2D eigenvalue weighted by atomic mass is 10.1. The van der Waals surface area contributed by atoms with Crippen LogP contribution in [0.2, 0.25) is 0 Å². The van der Waals surface area contributed by atoms with E-state index < -0.39 is 13.6 Å². The Morgan fingerprint density at radius 1 is 1.22 bits per heavy atom. The van der Waals surface area contributed by atoms with E-state index in [9.17, 15) is 18.0 Å². The number of nitrogens with two attached hydrogens (primary N) is 1. The minimum absolute atomic E-state index is 0.0463. The average molecular weight is 555 g/mol. The number of ether oxygens (including phenoxy) is 1. The second-order valence-electron chi connectivity index (χ2n) is 6.85. The van der Waals surface area contributed by atoms with Gasteiger partial charge in [0.15, 0.2) is 6.29 Å². The number of hydrogen-bond acceptors (Lipinski definition) is 9. The predicted octanol–water partition coefficient (Wildman–Crippen LogP) is 5.26. The summed E-state index contributed by atoms with van der Waals surface area (Å²) in [5.74, 6) is 3.50. The Balaban J connectivity index is -0.000000437. The molecule has 3 heterocycles. The number of nitrogens with zero attached hydrogens (tertiary/aromatic N) is 2. The fourth-order valence-electron chi connectivity index (χ4n) is 2.56. The van der Waals surface area contributed by atoms with Crippen molar-refractivity contribution >= 4 is 17.6 Å². The summed E-state index contributed by atoms with van der Waals surface area (Å²) in [7, 11) is 0. The highest BCUT2D eigenvalue weighted by molar-refractivity contribution is 7.13. The number of carbonyl (C=O) groups excluding carboxylic acids is 1. The quantitative estimate of drug-likeness (QED) is 0.257. The highest BCUT2D eigenvalue weighted by Gasteiger charge is 2.14. The molecule has 0 aromatic carbocycles. The van der Waals surface area contributed by atoms with Crippen LogP contribution in [0.1, 0.15) is 74.3 Å². The molecule has 3 rings (SSSR count). The number of aliphatic hydroxyl groups excluding tert-OH is 1. The third-order valence-electron chi connectivity index (χ3n) is 4.31. The molecule has 12 heteroatoms. The molecule has 0 radical (unpaired) electrons. The van der Waals surface area contributed by atoms with Crippen molar-refractivity contribution in [2.24, 2.45) is 5.90 Å². The number of carbonyl (C=O) groups is 1. The molecule has 216 valence electrons. The first-order valence-electron chi connectivity index (χ1n) is 12.3. The van der Waals surface area contributed by atoms with E-state index in [1.54, 1.807) is 29.7 Å². The van der Waals surface area contributed by atoms with Gasteiger partial charge in [0, 0.05) is 42.3 Å². The molecular weight excluding hydrogens is 509 g/mol. The summed E-state index contributed by atoms with van der Waals surface area (Å²) >= 11 is 1.55. The number of fused-ring (bicyclic) bond motifs is 1. The van der Waals surface area contributed by atoms with Crippen LogP contribution in [0.3, 0.4) is 0 Å². The zero-order chi connectivity index (χ0) is 28.7. The molecule has 0 fully saturated rings. The molecule has 0 saturated carbocycles. The topological polar surface area (TPSA) is 131 Å².